The molecule has 1 aliphatic heterocycles. The Morgan fingerprint density at radius 2 is 1.69 bits per heavy atom. The third kappa shape index (κ3) is 3.43. The lowest BCUT2D eigenvalue weighted by molar-refractivity contribution is 0.419. The maximum atomic E-state index is 5.51. The molecule has 0 N–H and O–H groups in total. The number of methoxy groups -OCH3 is 1. The predicted octanol–water partition coefficient (Wildman–Crippen LogP) is 5.27. The van der Waals surface area contributed by atoms with E-state index in [-0.39, 0.29) is 0 Å². The SMILES string of the molecule is COc1ccc(C)c2sc(N3CCN(c4nc5ccc(SC)cc5s4)CC3)nc12. The summed E-state index contributed by atoms with van der Waals surface area (Å²) in [5, 5.41) is 2.21. The monoisotopic (exact) mass is 442 g/mol. The smallest absolute Gasteiger partial charge is 0.186 e. The minimum absolute atomic E-state index is 0.853. The zero-order chi connectivity index (χ0) is 20.0. The van der Waals surface area contributed by atoms with Crippen molar-refractivity contribution in [3.05, 3.63) is 35.9 Å². The number of rotatable bonds is 4. The van der Waals surface area contributed by atoms with Crippen molar-refractivity contribution in [1.82, 2.24) is 9.97 Å². The minimum Gasteiger partial charge on any atom is -0.494 e. The Balaban J connectivity index is 1.35. The van der Waals surface area contributed by atoms with Crippen LogP contribution in [-0.2, 0) is 0 Å². The fraction of sp³-hybridized carbons (Fsp3) is 0.333. The van der Waals surface area contributed by atoms with Crippen molar-refractivity contribution in [3.63, 3.8) is 0 Å². The van der Waals surface area contributed by atoms with Crippen LogP contribution in [0.1, 0.15) is 5.56 Å². The second-order valence-corrected chi connectivity index (χ2v) is 9.93. The number of thioether (sulfide) groups is 1. The summed E-state index contributed by atoms with van der Waals surface area (Å²) < 4.78 is 8.00. The highest BCUT2D eigenvalue weighted by Gasteiger charge is 2.23. The first-order valence-corrected chi connectivity index (χ1v) is 12.4. The number of aryl methyl sites for hydroxylation is 1. The zero-order valence-electron chi connectivity index (χ0n) is 16.6. The Labute approximate surface area is 182 Å². The van der Waals surface area contributed by atoms with Crippen molar-refractivity contribution in [2.75, 3.05) is 49.3 Å². The van der Waals surface area contributed by atoms with E-state index in [1.54, 1.807) is 41.5 Å². The van der Waals surface area contributed by atoms with Gasteiger partial charge in [-0.05, 0) is 43.0 Å². The van der Waals surface area contributed by atoms with Gasteiger partial charge in [-0.15, -0.1) is 11.8 Å². The van der Waals surface area contributed by atoms with Crippen LogP contribution in [-0.4, -0.2) is 49.5 Å². The summed E-state index contributed by atoms with van der Waals surface area (Å²) in [5.74, 6) is 0.853. The second kappa shape index (κ2) is 7.66. The molecule has 0 spiro atoms. The van der Waals surface area contributed by atoms with E-state index in [0.717, 1.165) is 53.2 Å². The number of benzene rings is 2. The maximum absolute atomic E-state index is 5.51. The molecule has 0 unspecified atom stereocenters. The van der Waals surface area contributed by atoms with Crippen LogP contribution in [0.3, 0.4) is 0 Å². The molecule has 0 bridgehead atoms. The average Bonchev–Trinajstić information content (AvgIpc) is 3.39. The minimum atomic E-state index is 0.853. The van der Waals surface area contributed by atoms with Gasteiger partial charge in [-0.2, -0.15) is 0 Å². The van der Waals surface area contributed by atoms with Crippen LogP contribution in [0.2, 0.25) is 0 Å². The third-order valence-corrected chi connectivity index (χ3v) is 8.37. The molecular formula is C21H22N4OS3. The Morgan fingerprint density at radius 3 is 2.38 bits per heavy atom. The molecule has 150 valence electrons. The molecular weight excluding hydrogens is 420 g/mol. The Hall–Kier alpha value is -2.03. The van der Waals surface area contributed by atoms with Gasteiger partial charge in [-0.1, -0.05) is 28.7 Å². The van der Waals surface area contributed by atoms with Crippen LogP contribution < -0.4 is 14.5 Å². The lowest BCUT2D eigenvalue weighted by atomic mass is 10.2. The lowest BCUT2D eigenvalue weighted by Crippen LogP contribution is -2.46. The summed E-state index contributed by atoms with van der Waals surface area (Å²) in [4.78, 5) is 15.9. The van der Waals surface area contributed by atoms with E-state index < -0.39 is 0 Å². The predicted molar refractivity (Wildman–Crippen MR) is 127 cm³/mol. The quantitative estimate of drug-likeness (QED) is 0.401. The number of thiazole rings is 2. The molecule has 0 saturated carbocycles. The normalized spacial score (nSPS) is 14.9. The summed E-state index contributed by atoms with van der Waals surface area (Å²) in [6.07, 6.45) is 2.11. The maximum Gasteiger partial charge on any atom is 0.186 e. The van der Waals surface area contributed by atoms with E-state index in [1.165, 1.54) is 19.9 Å². The standard InChI is InChI=1S/C21H22N4OS3/c1-13-4-7-16(26-2)18-19(13)29-21(23-18)25-10-8-24(9-11-25)20-22-15-6-5-14(27-3)12-17(15)28-20/h4-7,12H,8-11H2,1-3H3. The van der Waals surface area contributed by atoms with Crippen molar-refractivity contribution in [1.29, 1.82) is 0 Å². The van der Waals surface area contributed by atoms with E-state index in [4.69, 9.17) is 14.7 Å². The van der Waals surface area contributed by atoms with Crippen molar-refractivity contribution < 1.29 is 4.74 Å². The van der Waals surface area contributed by atoms with Gasteiger partial charge in [-0.25, -0.2) is 9.97 Å². The fourth-order valence-corrected chi connectivity index (χ4v) is 6.32. The number of piperazine rings is 1. The van der Waals surface area contributed by atoms with Crippen molar-refractivity contribution in [2.24, 2.45) is 0 Å². The number of anilines is 2. The number of fused-ring (bicyclic) bond motifs is 2. The lowest BCUT2D eigenvalue weighted by Gasteiger charge is -2.34. The first kappa shape index (κ1) is 19.0. The molecule has 0 radical (unpaired) electrons. The molecule has 2 aromatic carbocycles. The molecule has 1 fully saturated rings. The number of ether oxygens (including phenoxy) is 1. The van der Waals surface area contributed by atoms with Crippen LogP contribution in [0.5, 0.6) is 5.75 Å². The van der Waals surface area contributed by atoms with Crippen LogP contribution in [0.15, 0.2) is 35.2 Å². The van der Waals surface area contributed by atoms with Gasteiger partial charge in [0, 0.05) is 31.1 Å². The Kier molecular flexibility index (Phi) is 5.01. The van der Waals surface area contributed by atoms with Crippen molar-refractivity contribution >= 4 is 65.1 Å². The van der Waals surface area contributed by atoms with Crippen molar-refractivity contribution in [3.8, 4) is 5.75 Å². The van der Waals surface area contributed by atoms with E-state index in [1.807, 2.05) is 6.07 Å². The van der Waals surface area contributed by atoms with Gasteiger partial charge in [0.25, 0.3) is 0 Å². The Bertz CT molecular complexity index is 1180. The Morgan fingerprint density at radius 1 is 0.966 bits per heavy atom. The number of hydrogen-bond donors (Lipinski definition) is 0. The molecule has 4 aromatic rings. The van der Waals surface area contributed by atoms with Crippen LogP contribution >= 0.6 is 34.4 Å². The highest BCUT2D eigenvalue weighted by atomic mass is 32.2. The molecule has 0 amide bonds. The molecule has 0 atom stereocenters. The zero-order valence-corrected chi connectivity index (χ0v) is 19.1. The number of aromatic nitrogens is 2. The van der Waals surface area contributed by atoms with Gasteiger partial charge in [0.2, 0.25) is 0 Å². The fourth-order valence-electron chi connectivity index (χ4n) is 3.64. The van der Waals surface area contributed by atoms with Gasteiger partial charge in [0.05, 0.1) is 22.0 Å². The van der Waals surface area contributed by atoms with Crippen molar-refractivity contribution in [2.45, 2.75) is 11.8 Å². The van der Waals surface area contributed by atoms with Crippen LogP contribution in [0.25, 0.3) is 20.4 Å². The highest BCUT2D eigenvalue weighted by molar-refractivity contribution is 7.98. The average molecular weight is 443 g/mol. The molecule has 8 heteroatoms. The third-order valence-electron chi connectivity index (χ3n) is 5.32. The van der Waals surface area contributed by atoms with Crippen LogP contribution in [0.4, 0.5) is 10.3 Å². The second-order valence-electron chi connectivity index (χ2n) is 7.06. The van der Waals surface area contributed by atoms with Gasteiger partial charge in [0.15, 0.2) is 10.3 Å². The highest BCUT2D eigenvalue weighted by Crippen LogP contribution is 2.37. The molecule has 2 aromatic heterocycles. The van der Waals surface area contributed by atoms with Gasteiger partial charge < -0.3 is 14.5 Å². The van der Waals surface area contributed by atoms with Gasteiger partial charge >= 0.3 is 0 Å². The first-order valence-electron chi connectivity index (χ1n) is 9.55. The van der Waals surface area contributed by atoms with Gasteiger partial charge in [0.1, 0.15) is 11.3 Å². The molecule has 3 heterocycles. The van der Waals surface area contributed by atoms with E-state index in [9.17, 15) is 0 Å². The molecule has 5 nitrogen and oxygen atoms in total. The van der Waals surface area contributed by atoms with E-state index in [0.29, 0.717) is 0 Å². The van der Waals surface area contributed by atoms with E-state index in [2.05, 4.69) is 47.2 Å². The van der Waals surface area contributed by atoms with E-state index >= 15 is 0 Å². The van der Waals surface area contributed by atoms with Gasteiger partial charge in [-0.3, -0.25) is 0 Å². The molecule has 0 aliphatic carbocycles. The van der Waals surface area contributed by atoms with Crippen LogP contribution in [0, 0.1) is 6.92 Å². The first-order chi connectivity index (χ1) is 14.2. The summed E-state index contributed by atoms with van der Waals surface area (Å²) in [6, 6.07) is 10.6. The molecule has 1 saturated heterocycles. The largest absolute Gasteiger partial charge is 0.494 e. The molecule has 5 rings (SSSR count). The molecule has 1 aliphatic rings. The number of nitrogens with zero attached hydrogens (tertiary/aromatic N) is 4. The number of hydrogen-bond acceptors (Lipinski definition) is 8. The summed E-state index contributed by atoms with van der Waals surface area (Å²) in [6.45, 7) is 5.96. The topological polar surface area (TPSA) is 41.5 Å². The summed E-state index contributed by atoms with van der Waals surface area (Å²) in [5.41, 5.74) is 3.33. The summed E-state index contributed by atoms with van der Waals surface area (Å²) in [7, 11) is 1.71. The summed E-state index contributed by atoms with van der Waals surface area (Å²) >= 11 is 5.34. The molecule has 29 heavy (non-hydrogen) atoms.